The molecule has 0 aliphatic carbocycles. The summed E-state index contributed by atoms with van der Waals surface area (Å²) in [4.78, 5) is 4.35. The van der Waals surface area contributed by atoms with Crippen LogP contribution in [0.1, 0.15) is 5.56 Å². The van der Waals surface area contributed by atoms with Gasteiger partial charge >= 0.3 is 0 Å². The summed E-state index contributed by atoms with van der Waals surface area (Å²) in [6, 6.07) is 13.9. The number of aromatic nitrogens is 1. The summed E-state index contributed by atoms with van der Waals surface area (Å²) in [7, 11) is 0. The van der Waals surface area contributed by atoms with Crippen LogP contribution in [0.3, 0.4) is 0 Å². The highest BCUT2D eigenvalue weighted by Crippen LogP contribution is 2.28. The number of nitrogens with two attached hydrogens (primary N) is 1. The molecule has 20 heavy (non-hydrogen) atoms. The highest BCUT2D eigenvalue weighted by atomic mass is 79.9. The van der Waals surface area contributed by atoms with E-state index < -0.39 is 0 Å². The lowest BCUT2D eigenvalue weighted by atomic mass is 10.1. The van der Waals surface area contributed by atoms with Gasteiger partial charge in [-0.3, -0.25) is 4.98 Å². The van der Waals surface area contributed by atoms with Crippen LogP contribution >= 0.6 is 15.9 Å². The molecule has 0 aliphatic rings. The third-order valence-electron chi connectivity index (χ3n) is 3.20. The van der Waals surface area contributed by atoms with Gasteiger partial charge in [0.15, 0.2) is 0 Å². The molecule has 3 nitrogen and oxygen atoms in total. The van der Waals surface area contributed by atoms with Crippen molar-refractivity contribution in [1.82, 2.24) is 4.98 Å². The van der Waals surface area contributed by atoms with Crippen LogP contribution in [0.4, 0.5) is 17.1 Å². The highest BCUT2D eigenvalue weighted by Gasteiger charge is 2.04. The standard InChI is InChI=1S/C16H14BrN3/c1-10-8-12(3-5-14(10)17)20-15-6-7-19-16-9-11(18)2-4-13(15)16/h2-9H,18H2,1H3,(H,19,20). The Balaban J connectivity index is 2.04. The zero-order chi connectivity index (χ0) is 14.1. The van der Waals surface area contributed by atoms with Crippen LogP contribution in [0.25, 0.3) is 10.9 Å². The van der Waals surface area contributed by atoms with Gasteiger partial charge in [0.1, 0.15) is 0 Å². The maximum Gasteiger partial charge on any atom is 0.0743 e. The molecule has 2 aromatic carbocycles. The topological polar surface area (TPSA) is 50.9 Å². The first-order valence-electron chi connectivity index (χ1n) is 6.31. The van der Waals surface area contributed by atoms with Crippen LogP contribution < -0.4 is 11.1 Å². The van der Waals surface area contributed by atoms with Gasteiger partial charge in [-0.05, 0) is 55.0 Å². The molecule has 0 fully saturated rings. The molecular weight excluding hydrogens is 314 g/mol. The van der Waals surface area contributed by atoms with Crippen molar-refractivity contribution >= 4 is 43.9 Å². The Labute approximate surface area is 126 Å². The number of halogens is 1. The summed E-state index contributed by atoms with van der Waals surface area (Å²) in [6.07, 6.45) is 1.79. The number of nitrogens with one attached hydrogen (secondary N) is 1. The average molecular weight is 328 g/mol. The van der Waals surface area contributed by atoms with Gasteiger partial charge in [0.2, 0.25) is 0 Å². The Bertz CT molecular complexity index is 784. The first kappa shape index (κ1) is 12.9. The summed E-state index contributed by atoms with van der Waals surface area (Å²) in [6.45, 7) is 2.07. The van der Waals surface area contributed by atoms with Crippen molar-refractivity contribution in [2.75, 3.05) is 11.1 Å². The molecule has 3 N–H and O–H groups in total. The Morgan fingerprint density at radius 1 is 1.10 bits per heavy atom. The molecule has 3 rings (SSSR count). The van der Waals surface area contributed by atoms with Crippen LogP contribution in [0.15, 0.2) is 53.1 Å². The van der Waals surface area contributed by atoms with Crippen LogP contribution in [-0.4, -0.2) is 4.98 Å². The van der Waals surface area contributed by atoms with Crippen LogP contribution in [0, 0.1) is 6.92 Å². The van der Waals surface area contributed by atoms with Crippen molar-refractivity contribution in [3.63, 3.8) is 0 Å². The van der Waals surface area contributed by atoms with Gasteiger partial charge in [0.05, 0.1) is 5.52 Å². The molecule has 4 heteroatoms. The van der Waals surface area contributed by atoms with Crippen molar-refractivity contribution in [2.24, 2.45) is 0 Å². The zero-order valence-electron chi connectivity index (χ0n) is 11.0. The highest BCUT2D eigenvalue weighted by molar-refractivity contribution is 9.10. The first-order valence-corrected chi connectivity index (χ1v) is 7.10. The molecule has 0 atom stereocenters. The lowest BCUT2D eigenvalue weighted by molar-refractivity contribution is 1.39. The van der Waals surface area contributed by atoms with Crippen molar-refractivity contribution in [3.8, 4) is 0 Å². The van der Waals surface area contributed by atoms with Gasteiger partial charge < -0.3 is 11.1 Å². The largest absolute Gasteiger partial charge is 0.399 e. The Morgan fingerprint density at radius 2 is 1.95 bits per heavy atom. The fourth-order valence-corrected chi connectivity index (χ4v) is 2.40. The minimum atomic E-state index is 0.724. The number of benzene rings is 2. The SMILES string of the molecule is Cc1cc(Nc2ccnc3cc(N)ccc23)ccc1Br. The molecule has 1 heterocycles. The number of hydrogen-bond donors (Lipinski definition) is 2. The normalized spacial score (nSPS) is 10.7. The molecule has 0 radical (unpaired) electrons. The van der Waals surface area contributed by atoms with Gasteiger partial charge in [-0.25, -0.2) is 0 Å². The third kappa shape index (κ3) is 2.47. The number of hydrogen-bond acceptors (Lipinski definition) is 3. The number of nitrogens with zero attached hydrogens (tertiary/aromatic N) is 1. The van der Waals surface area contributed by atoms with E-state index >= 15 is 0 Å². The predicted octanol–water partition coefficient (Wildman–Crippen LogP) is 4.63. The number of anilines is 3. The quantitative estimate of drug-likeness (QED) is 0.674. The first-order chi connectivity index (χ1) is 9.63. The smallest absolute Gasteiger partial charge is 0.0743 e. The Morgan fingerprint density at radius 3 is 2.75 bits per heavy atom. The number of rotatable bonds is 2. The molecule has 0 amide bonds. The predicted molar refractivity (Wildman–Crippen MR) is 88.3 cm³/mol. The van der Waals surface area contributed by atoms with Crippen LogP contribution in [-0.2, 0) is 0 Å². The molecule has 0 saturated carbocycles. The minimum absolute atomic E-state index is 0.724. The summed E-state index contributed by atoms with van der Waals surface area (Å²) < 4.78 is 1.11. The summed E-state index contributed by atoms with van der Waals surface area (Å²) in [5, 5.41) is 4.49. The van der Waals surface area contributed by atoms with E-state index in [4.69, 9.17) is 5.73 Å². The average Bonchev–Trinajstić information content (AvgIpc) is 2.43. The summed E-state index contributed by atoms with van der Waals surface area (Å²) in [5.41, 5.74) is 10.7. The molecule has 100 valence electrons. The Kier molecular flexibility index (Phi) is 3.32. The molecule has 0 unspecified atom stereocenters. The molecule has 0 spiro atoms. The molecular formula is C16H14BrN3. The molecule has 0 saturated heterocycles. The second kappa shape index (κ2) is 5.13. The van der Waals surface area contributed by atoms with E-state index in [0.717, 1.165) is 32.4 Å². The molecule has 3 aromatic rings. The summed E-state index contributed by atoms with van der Waals surface area (Å²) >= 11 is 3.51. The fourth-order valence-electron chi connectivity index (χ4n) is 2.15. The van der Waals surface area contributed by atoms with Gasteiger partial charge in [0, 0.05) is 33.1 Å². The van der Waals surface area contributed by atoms with Crippen LogP contribution in [0.2, 0.25) is 0 Å². The lowest BCUT2D eigenvalue weighted by Crippen LogP contribution is -1.94. The van der Waals surface area contributed by atoms with E-state index in [1.54, 1.807) is 6.20 Å². The lowest BCUT2D eigenvalue weighted by Gasteiger charge is -2.11. The van der Waals surface area contributed by atoms with Gasteiger partial charge in [-0.1, -0.05) is 15.9 Å². The van der Waals surface area contributed by atoms with E-state index in [-0.39, 0.29) is 0 Å². The van der Waals surface area contributed by atoms with E-state index in [9.17, 15) is 0 Å². The maximum absolute atomic E-state index is 5.80. The van der Waals surface area contributed by atoms with Crippen molar-refractivity contribution < 1.29 is 0 Å². The molecule has 0 bridgehead atoms. The molecule has 0 aliphatic heterocycles. The summed E-state index contributed by atoms with van der Waals surface area (Å²) in [5.74, 6) is 0. The number of nitrogen functional groups attached to an aromatic ring is 1. The number of pyridine rings is 1. The Hall–Kier alpha value is -2.07. The van der Waals surface area contributed by atoms with Crippen molar-refractivity contribution in [1.29, 1.82) is 0 Å². The zero-order valence-corrected chi connectivity index (χ0v) is 12.6. The van der Waals surface area contributed by atoms with Crippen LogP contribution in [0.5, 0.6) is 0 Å². The fraction of sp³-hybridized carbons (Fsp3) is 0.0625. The van der Waals surface area contributed by atoms with Gasteiger partial charge in [0.25, 0.3) is 0 Å². The van der Waals surface area contributed by atoms with E-state index in [1.165, 1.54) is 5.56 Å². The van der Waals surface area contributed by atoms with Crippen molar-refractivity contribution in [2.45, 2.75) is 6.92 Å². The monoisotopic (exact) mass is 327 g/mol. The second-order valence-corrected chi connectivity index (χ2v) is 5.58. The maximum atomic E-state index is 5.80. The number of fused-ring (bicyclic) bond motifs is 1. The van der Waals surface area contributed by atoms with Gasteiger partial charge in [-0.15, -0.1) is 0 Å². The van der Waals surface area contributed by atoms with E-state index in [1.807, 2.05) is 36.4 Å². The second-order valence-electron chi connectivity index (χ2n) is 4.72. The number of aryl methyl sites for hydroxylation is 1. The minimum Gasteiger partial charge on any atom is -0.399 e. The van der Waals surface area contributed by atoms with E-state index in [0.29, 0.717) is 0 Å². The van der Waals surface area contributed by atoms with Gasteiger partial charge in [-0.2, -0.15) is 0 Å². The molecule has 1 aromatic heterocycles. The van der Waals surface area contributed by atoms with E-state index in [2.05, 4.69) is 39.2 Å². The van der Waals surface area contributed by atoms with Crippen molar-refractivity contribution in [3.05, 3.63) is 58.7 Å². The third-order valence-corrected chi connectivity index (χ3v) is 4.09.